The van der Waals surface area contributed by atoms with E-state index in [0.29, 0.717) is 22.1 Å². The van der Waals surface area contributed by atoms with Crippen molar-refractivity contribution in [2.75, 3.05) is 12.4 Å². The predicted octanol–water partition coefficient (Wildman–Crippen LogP) is 4.55. The van der Waals surface area contributed by atoms with Crippen molar-refractivity contribution in [1.29, 1.82) is 0 Å². The largest absolute Gasteiger partial charge is 0.457 e. The van der Waals surface area contributed by atoms with E-state index in [-0.39, 0.29) is 24.0 Å². The zero-order valence-electron chi connectivity index (χ0n) is 19.0. The van der Waals surface area contributed by atoms with E-state index in [1.54, 1.807) is 22.8 Å². The Hall–Kier alpha value is -3.72. The lowest BCUT2D eigenvalue weighted by molar-refractivity contribution is -0.139. The van der Waals surface area contributed by atoms with Crippen LogP contribution in [0.4, 0.5) is 4.39 Å². The minimum atomic E-state index is -0.533. The summed E-state index contributed by atoms with van der Waals surface area (Å²) in [5.41, 5.74) is 3.82. The molecule has 0 saturated carbocycles. The van der Waals surface area contributed by atoms with E-state index in [2.05, 4.69) is 10.2 Å². The Morgan fingerprint density at radius 1 is 1.03 bits per heavy atom. The Labute approximate surface area is 200 Å². The number of esters is 1. The number of aromatic nitrogens is 4. The van der Waals surface area contributed by atoms with E-state index in [4.69, 9.17) is 4.74 Å². The third-order valence-corrected chi connectivity index (χ3v) is 6.41. The molecule has 0 aliphatic carbocycles. The minimum Gasteiger partial charge on any atom is -0.457 e. The van der Waals surface area contributed by atoms with Crippen LogP contribution in [-0.2, 0) is 16.6 Å². The normalized spacial score (nSPS) is 10.9. The van der Waals surface area contributed by atoms with E-state index < -0.39 is 5.97 Å². The van der Waals surface area contributed by atoms with Crippen molar-refractivity contribution in [2.24, 2.45) is 7.05 Å². The number of Topliss-reactive ketones (excluding diaryl/α,β-unsaturated/α-hetero) is 1. The molecule has 0 atom stereocenters. The molecular weight excluding hydrogens is 455 g/mol. The fraction of sp³-hybridized carbons (Fsp3) is 0.200. The van der Waals surface area contributed by atoms with Gasteiger partial charge in [-0.15, -0.1) is 10.2 Å². The lowest BCUT2D eigenvalue weighted by Crippen LogP contribution is -2.16. The van der Waals surface area contributed by atoms with Crippen LogP contribution in [0.1, 0.15) is 21.7 Å². The van der Waals surface area contributed by atoms with Gasteiger partial charge in [-0.05, 0) is 56.3 Å². The third-order valence-electron chi connectivity index (χ3n) is 5.51. The van der Waals surface area contributed by atoms with Gasteiger partial charge in [-0.2, -0.15) is 0 Å². The highest BCUT2D eigenvalue weighted by Crippen LogP contribution is 2.28. The van der Waals surface area contributed by atoms with Crippen molar-refractivity contribution in [3.05, 3.63) is 83.4 Å². The van der Waals surface area contributed by atoms with E-state index in [9.17, 15) is 14.0 Å². The molecule has 0 saturated heterocycles. The summed E-state index contributed by atoms with van der Waals surface area (Å²) in [5, 5.41) is 8.98. The van der Waals surface area contributed by atoms with Gasteiger partial charge < -0.3 is 9.30 Å². The van der Waals surface area contributed by atoms with Crippen LogP contribution in [0, 0.1) is 19.7 Å². The number of hydrogen-bond acceptors (Lipinski definition) is 6. The van der Waals surface area contributed by atoms with Crippen molar-refractivity contribution >= 4 is 23.5 Å². The zero-order valence-corrected chi connectivity index (χ0v) is 19.8. The average molecular weight is 479 g/mol. The van der Waals surface area contributed by atoms with Crippen LogP contribution < -0.4 is 0 Å². The number of thioether (sulfide) groups is 1. The summed E-state index contributed by atoms with van der Waals surface area (Å²) in [6, 6.07) is 17.2. The summed E-state index contributed by atoms with van der Waals surface area (Å²) in [7, 11) is 1.88. The second kappa shape index (κ2) is 10.0. The number of hydrogen-bond donors (Lipinski definition) is 0. The van der Waals surface area contributed by atoms with Crippen LogP contribution in [-0.4, -0.2) is 43.4 Å². The maximum Gasteiger partial charge on any atom is 0.316 e. The fourth-order valence-corrected chi connectivity index (χ4v) is 4.24. The molecular formula is C25H23FN4O3S. The van der Waals surface area contributed by atoms with Gasteiger partial charge in [0.05, 0.1) is 5.75 Å². The van der Waals surface area contributed by atoms with Crippen molar-refractivity contribution in [2.45, 2.75) is 19.0 Å². The molecule has 0 amide bonds. The standard InChI is InChI=1S/C25H23FN4O3S/c1-16-13-21(17(2)29(16)3)22(31)14-33-23(32)15-34-25-28-27-24(18-9-11-19(26)12-10-18)30(25)20-7-5-4-6-8-20/h4-13H,14-15H2,1-3H3. The third kappa shape index (κ3) is 4.94. The molecule has 2 heterocycles. The molecule has 0 unspecified atom stereocenters. The summed E-state index contributed by atoms with van der Waals surface area (Å²) < 4.78 is 22.3. The molecule has 0 N–H and O–H groups in total. The van der Waals surface area contributed by atoms with E-state index in [0.717, 1.165) is 28.8 Å². The van der Waals surface area contributed by atoms with Gasteiger partial charge in [0.25, 0.3) is 0 Å². The summed E-state index contributed by atoms with van der Waals surface area (Å²) in [6.45, 7) is 3.44. The number of benzene rings is 2. The predicted molar refractivity (Wildman–Crippen MR) is 128 cm³/mol. The minimum absolute atomic E-state index is 0.0472. The van der Waals surface area contributed by atoms with Gasteiger partial charge in [0.1, 0.15) is 5.82 Å². The first-order valence-electron chi connectivity index (χ1n) is 10.6. The van der Waals surface area contributed by atoms with Crippen molar-refractivity contribution < 1.29 is 18.7 Å². The lowest BCUT2D eigenvalue weighted by atomic mass is 10.1. The lowest BCUT2D eigenvalue weighted by Gasteiger charge is -2.10. The molecule has 0 aliphatic heterocycles. The molecule has 7 nitrogen and oxygen atoms in total. The Bertz CT molecular complexity index is 1330. The molecule has 0 aliphatic rings. The molecule has 0 bridgehead atoms. The highest BCUT2D eigenvalue weighted by molar-refractivity contribution is 7.99. The van der Waals surface area contributed by atoms with E-state index >= 15 is 0 Å². The number of ketones is 1. The molecule has 174 valence electrons. The number of rotatable bonds is 8. The molecule has 9 heteroatoms. The molecule has 34 heavy (non-hydrogen) atoms. The number of para-hydroxylation sites is 1. The van der Waals surface area contributed by atoms with Crippen molar-refractivity contribution in [3.8, 4) is 17.1 Å². The maximum atomic E-state index is 13.4. The molecule has 0 radical (unpaired) electrons. The van der Waals surface area contributed by atoms with E-state index in [1.165, 1.54) is 12.1 Å². The number of aryl methyl sites for hydroxylation is 1. The molecule has 2 aromatic heterocycles. The first-order chi connectivity index (χ1) is 16.3. The fourth-order valence-electron chi connectivity index (χ4n) is 3.49. The monoisotopic (exact) mass is 478 g/mol. The number of carbonyl (C=O) groups excluding carboxylic acids is 2. The SMILES string of the molecule is Cc1cc(C(=O)COC(=O)CSc2nnc(-c3ccc(F)cc3)n2-c2ccccc2)c(C)n1C. The highest BCUT2D eigenvalue weighted by Gasteiger charge is 2.19. The average Bonchev–Trinajstić information content (AvgIpc) is 3.38. The van der Waals surface area contributed by atoms with Gasteiger partial charge in [-0.25, -0.2) is 4.39 Å². The van der Waals surface area contributed by atoms with Gasteiger partial charge in [0, 0.05) is 35.2 Å². The number of halogens is 1. The van der Waals surface area contributed by atoms with Gasteiger partial charge >= 0.3 is 5.97 Å². The smallest absolute Gasteiger partial charge is 0.316 e. The van der Waals surface area contributed by atoms with Crippen LogP contribution in [0.5, 0.6) is 0 Å². The Morgan fingerprint density at radius 2 is 1.74 bits per heavy atom. The van der Waals surface area contributed by atoms with Crippen LogP contribution in [0.3, 0.4) is 0 Å². The highest BCUT2D eigenvalue weighted by atomic mass is 32.2. The van der Waals surface area contributed by atoms with Crippen molar-refractivity contribution in [3.63, 3.8) is 0 Å². The first kappa shape index (κ1) is 23.4. The molecule has 2 aromatic carbocycles. The van der Waals surface area contributed by atoms with Crippen LogP contribution >= 0.6 is 11.8 Å². The summed E-state index contributed by atoms with van der Waals surface area (Å²) in [5.74, 6) is -0.649. The van der Waals surface area contributed by atoms with Crippen LogP contribution in [0.25, 0.3) is 17.1 Å². The Morgan fingerprint density at radius 3 is 2.38 bits per heavy atom. The van der Waals surface area contributed by atoms with Gasteiger partial charge in [0.2, 0.25) is 5.78 Å². The summed E-state index contributed by atoms with van der Waals surface area (Å²) in [6.07, 6.45) is 0. The second-order valence-corrected chi connectivity index (χ2v) is 8.64. The maximum absolute atomic E-state index is 13.4. The number of ether oxygens (including phenoxy) is 1. The second-order valence-electron chi connectivity index (χ2n) is 7.70. The molecule has 0 fully saturated rings. The van der Waals surface area contributed by atoms with Crippen molar-refractivity contribution in [1.82, 2.24) is 19.3 Å². The van der Waals surface area contributed by atoms with Crippen LogP contribution in [0.15, 0.2) is 65.8 Å². The molecule has 4 aromatic rings. The number of nitrogens with zero attached hydrogens (tertiary/aromatic N) is 4. The molecule has 4 rings (SSSR count). The zero-order chi connectivity index (χ0) is 24.2. The summed E-state index contributed by atoms with van der Waals surface area (Å²) >= 11 is 1.15. The molecule has 0 spiro atoms. The number of carbonyl (C=O) groups is 2. The summed E-state index contributed by atoms with van der Waals surface area (Å²) in [4.78, 5) is 24.9. The Balaban J connectivity index is 1.47. The van der Waals surface area contributed by atoms with E-state index in [1.807, 2.05) is 55.8 Å². The van der Waals surface area contributed by atoms with Gasteiger partial charge in [0.15, 0.2) is 17.6 Å². The quantitative estimate of drug-likeness (QED) is 0.210. The van der Waals surface area contributed by atoms with Gasteiger partial charge in [-0.1, -0.05) is 30.0 Å². The van der Waals surface area contributed by atoms with Gasteiger partial charge in [-0.3, -0.25) is 14.2 Å². The first-order valence-corrected chi connectivity index (χ1v) is 11.5. The Kier molecular flexibility index (Phi) is 6.93. The van der Waals surface area contributed by atoms with Crippen LogP contribution in [0.2, 0.25) is 0 Å². The topological polar surface area (TPSA) is 79.0 Å².